The first-order chi connectivity index (χ1) is 10.6. The first-order valence-electron chi connectivity index (χ1n) is 6.80. The van der Waals surface area contributed by atoms with E-state index in [-0.39, 0.29) is 16.1 Å². The number of nitrogens with one attached hydrogen (secondary N) is 2. The molecule has 22 heavy (non-hydrogen) atoms. The average Bonchev–Trinajstić information content (AvgIpc) is 2.95. The van der Waals surface area contributed by atoms with Crippen LogP contribution in [0.3, 0.4) is 0 Å². The van der Waals surface area contributed by atoms with Crippen LogP contribution in [0.5, 0.6) is 0 Å². The predicted molar refractivity (Wildman–Crippen MR) is 81.5 cm³/mol. The number of nitrogens with zero attached hydrogens (tertiary/aromatic N) is 1. The molecule has 3 rings (SSSR count). The average molecular weight is 322 g/mol. The van der Waals surface area contributed by atoms with Crippen LogP contribution in [0.1, 0.15) is 22.5 Å². The number of amides is 1. The van der Waals surface area contributed by atoms with Gasteiger partial charge in [0.05, 0.1) is 16.3 Å². The summed E-state index contributed by atoms with van der Waals surface area (Å²) in [5.74, 6) is -0.871. The second kappa shape index (κ2) is 5.81. The van der Waals surface area contributed by atoms with Gasteiger partial charge < -0.3 is 4.57 Å². The minimum absolute atomic E-state index is 0.122. The third-order valence-electron chi connectivity index (χ3n) is 3.54. The summed E-state index contributed by atoms with van der Waals surface area (Å²) in [7, 11) is 0. The molecule has 0 fully saturated rings. The number of benzene rings is 1. The van der Waals surface area contributed by atoms with Gasteiger partial charge in [-0.3, -0.25) is 20.4 Å². The molecule has 0 spiro atoms. The number of carbonyl (C=O) groups excluding carboxylic acids is 1. The molecule has 5 nitrogen and oxygen atoms in total. The topological polar surface area (TPSA) is 63.1 Å². The highest BCUT2D eigenvalue weighted by Gasteiger charge is 2.23. The first kappa shape index (κ1) is 14.6. The molecule has 0 unspecified atom stereocenters. The molecular weight excluding hydrogens is 309 g/mol. The zero-order chi connectivity index (χ0) is 15.7. The van der Waals surface area contributed by atoms with Crippen molar-refractivity contribution < 1.29 is 9.18 Å². The molecule has 0 aliphatic carbocycles. The van der Waals surface area contributed by atoms with Crippen molar-refractivity contribution >= 4 is 23.2 Å². The van der Waals surface area contributed by atoms with Crippen LogP contribution in [0.25, 0.3) is 0 Å². The standard InChI is InChI=1S/C15H13ClFN3O2/c16-11-8-13(21)20-6-2-5-12(20)14(11)15(22)19-18-10-4-1-3-9(17)7-10/h1,3-4,7-8,18H,2,5-6H2,(H,19,22). The molecule has 114 valence electrons. The molecule has 1 aromatic carbocycles. The Bertz CT molecular complexity index is 804. The lowest BCUT2D eigenvalue weighted by Crippen LogP contribution is -2.32. The minimum Gasteiger partial charge on any atom is -0.312 e. The Hall–Kier alpha value is -2.34. The molecule has 1 amide bonds. The van der Waals surface area contributed by atoms with Crippen LogP contribution >= 0.6 is 11.6 Å². The van der Waals surface area contributed by atoms with Gasteiger partial charge in [0.2, 0.25) is 0 Å². The zero-order valence-corrected chi connectivity index (χ0v) is 12.3. The summed E-state index contributed by atoms with van der Waals surface area (Å²) in [4.78, 5) is 24.1. The van der Waals surface area contributed by atoms with Gasteiger partial charge in [-0.15, -0.1) is 0 Å². The quantitative estimate of drug-likeness (QED) is 0.853. The second-order valence-corrected chi connectivity index (χ2v) is 5.40. The van der Waals surface area contributed by atoms with Gasteiger partial charge >= 0.3 is 0 Å². The van der Waals surface area contributed by atoms with E-state index in [0.717, 1.165) is 6.42 Å². The molecule has 0 bridgehead atoms. The van der Waals surface area contributed by atoms with Gasteiger partial charge in [0.1, 0.15) is 5.82 Å². The number of halogens is 2. The van der Waals surface area contributed by atoms with Gasteiger partial charge in [-0.1, -0.05) is 17.7 Å². The van der Waals surface area contributed by atoms with E-state index in [0.29, 0.717) is 24.3 Å². The predicted octanol–water partition coefficient (Wildman–Crippen LogP) is 2.34. The molecule has 1 aliphatic heterocycles. The van der Waals surface area contributed by atoms with Crippen LogP contribution in [0.2, 0.25) is 5.02 Å². The maximum atomic E-state index is 13.1. The van der Waals surface area contributed by atoms with E-state index in [1.54, 1.807) is 10.6 Å². The highest BCUT2D eigenvalue weighted by Crippen LogP contribution is 2.23. The van der Waals surface area contributed by atoms with Crippen molar-refractivity contribution in [2.45, 2.75) is 19.4 Å². The van der Waals surface area contributed by atoms with Gasteiger partial charge in [0.25, 0.3) is 11.5 Å². The zero-order valence-electron chi connectivity index (χ0n) is 11.5. The Kier molecular flexibility index (Phi) is 3.85. The second-order valence-electron chi connectivity index (χ2n) is 5.00. The number of hydrogen-bond acceptors (Lipinski definition) is 3. The molecule has 0 radical (unpaired) electrons. The van der Waals surface area contributed by atoms with Gasteiger partial charge in [0.15, 0.2) is 0 Å². The SMILES string of the molecule is O=C(NNc1cccc(F)c1)c1c(Cl)cc(=O)n2c1CCC2. The Labute approximate surface area is 130 Å². The molecule has 2 heterocycles. The van der Waals surface area contributed by atoms with E-state index in [1.165, 1.54) is 24.3 Å². The lowest BCUT2D eigenvalue weighted by atomic mass is 10.1. The molecule has 0 atom stereocenters. The van der Waals surface area contributed by atoms with Gasteiger partial charge in [-0.05, 0) is 31.0 Å². The number of aromatic nitrogens is 1. The van der Waals surface area contributed by atoms with Crippen molar-refractivity contribution in [1.29, 1.82) is 0 Å². The van der Waals surface area contributed by atoms with E-state index < -0.39 is 11.7 Å². The molecule has 1 aromatic heterocycles. The summed E-state index contributed by atoms with van der Waals surface area (Å²) in [6, 6.07) is 6.94. The van der Waals surface area contributed by atoms with E-state index in [4.69, 9.17) is 11.6 Å². The fourth-order valence-corrected chi connectivity index (χ4v) is 2.86. The van der Waals surface area contributed by atoms with E-state index >= 15 is 0 Å². The Morgan fingerprint density at radius 2 is 2.14 bits per heavy atom. The smallest absolute Gasteiger partial charge is 0.272 e. The molecule has 0 saturated heterocycles. The van der Waals surface area contributed by atoms with Crippen LogP contribution in [0.4, 0.5) is 10.1 Å². The van der Waals surface area contributed by atoms with E-state index in [9.17, 15) is 14.0 Å². The third-order valence-corrected chi connectivity index (χ3v) is 3.83. The summed E-state index contributed by atoms with van der Waals surface area (Å²) in [6.07, 6.45) is 1.42. The Balaban J connectivity index is 1.84. The third kappa shape index (κ3) is 2.69. The molecule has 7 heteroatoms. The maximum Gasteiger partial charge on any atom is 0.272 e. The lowest BCUT2D eigenvalue weighted by Gasteiger charge is -2.13. The molecule has 1 aliphatic rings. The van der Waals surface area contributed by atoms with Gasteiger partial charge in [-0.2, -0.15) is 0 Å². The van der Waals surface area contributed by atoms with Gasteiger partial charge in [0, 0.05) is 18.3 Å². The number of hydrazine groups is 1. The molecular formula is C15H13ClFN3O2. The molecule has 2 N–H and O–H groups in total. The lowest BCUT2D eigenvalue weighted by molar-refractivity contribution is 0.0961. The summed E-state index contributed by atoms with van der Waals surface area (Å²) in [5, 5.41) is 0.122. The highest BCUT2D eigenvalue weighted by atomic mass is 35.5. The fourth-order valence-electron chi connectivity index (χ4n) is 2.57. The summed E-state index contributed by atoms with van der Waals surface area (Å²) >= 11 is 6.05. The van der Waals surface area contributed by atoms with Crippen molar-refractivity contribution in [1.82, 2.24) is 9.99 Å². The fraction of sp³-hybridized carbons (Fsp3) is 0.200. The van der Waals surface area contributed by atoms with Crippen LogP contribution < -0.4 is 16.4 Å². The van der Waals surface area contributed by atoms with Crippen LogP contribution in [0.15, 0.2) is 35.1 Å². The number of rotatable bonds is 3. The summed E-state index contributed by atoms with van der Waals surface area (Å²) < 4.78 is 14.6. The van der Waals surface area contributed by atoms with Crippen molar-refractivity contribution in [2.24, 2.45) is 0 Å². The van der Waals surface area contributed by atoms with Crippen LogP contribution in [-0.2, 0) is 13.0 Å². The van der Waals surface area contributed by atoms with Crippen molar-refractivity contribution in [2.75, 3.05) is 5.43 Å². The van der Waals surface area contributed by atoms with Crippen LogP contribution in [0, 0.1) is 5.82 Å². The van der Waals surface area contributed by atoms with E-state index in [1.807, 2.05) is 0 Å². The monoisotopic (exact) mass is 321 g/mol. The highest BCUT2D eigenvalue weighted by molar-refractivity contribution is 6.34. The molecule has 2 aromatic rings. The molecule has 0 saturated carbocycles. The normalized spacial score (nSPS) is 12.8. The van der Waals surface area contributed by atoms with Crippen molar-refractivity contribution in [3.05, 3.63) is 62.8 Å². The van der Waals surface area contributed by atoms with E-state index in [2.05, 4.69) is 10.9 Å². The summed E-state index contributed by atoms with van der Waals surface area (Å²) in [6.45, 7) is 0.586. The van der Waals surface area contributed by atoms with Gasteiger partial charge in [-0.25, -0.2) is 4.39 Å². The largest absolute Gasteiger partial charge is 0.312 e. The van der Waals surface area contributed by atoms with Crippen molar-refractivity contribution in [3.8, 4) is 0 Å². The number of carbonyl (C=O) groups is 1. The van der Waals surface area contributed by atoms with Crippen molar-refractivity contribution in [3.63, 3.8) is 0 Å². The number of pyridine rings is 1. The Morgan fingerprint density at radius 1 is 1.32 bits per heavy atom. The first-order valence-corrected chi connectivity index (χ1v) is 7.18. The Morgan fingerprint density at radius 3 is 2.91 bits per heavy atom. The number of anilines is 1. The maximum absolute atomic E-state index is 13.1. The number of fused-ring (bicyclic) bond motifs is 1. The summed E-state index contributed by atoms with van der Waals surface area (Å²) in [5.41, 5.74) is 6.23. The number of hydrogen-bond donors (Lipinski definition) is 2. The van der Waals surface area contributed by atoms with Crippen LogP contribution in [-0.4, -0.2) is 10.5 Å². The minimum atomic E-state index is -0.458.